The number of carbonyl (C=O) groups is 2. The molecular weight excluding hydrogens is 306 g/mol. The molecule has 1 aliphatic rings. The third kappa shape index (κ3) is 4.49. The molecule has 0 aliphatic carbocycles. The average molecular weight is 333 g/mol. The molecule has 1 saturated heterocycles. The van der Waals surface area contributed by atoms with Crippen LogP contribution in [0.4, 0.5) is 4.79 Å². The number of benzene rings is 1. The van der Waals surface area contributed by atoms with Gasteiger partial charge in [-0.15, -0.1) is 0 Å². The molecule has 0 saturated carbocycles. The molecule has 1 aromatic carbocycles. The summed E-state index contributed by atoms with van der Waals surface area (Å²) < 4.78 is 5.19. The fraction of sp³-hybridized carbons (Fsp3) is 0.579. The van der Waals surface area contributed by atoms with Crippen LogP contribution in [0.3, 0.4) is 0 Å². The minimum atomic E-state index is -1.05. The number of cyclic esters (lactones) is 1. The van der Waals surface area contributed by atoms with Crippen LogP contribution in [-0.2, 0) is 16.0 Å². The number of carboxylic acid groups (broad SMARTS) is 1. The summed E-state index contributed by atoms with van der Waals surface area (Å²) in [6.45, 7) is 6.24. The van der Waals surface area contributed by atoms with Crippen LogP contribution in [0.2, 0.25) is 0 Å². The Morgan fingerprint density at radius 1 is 1.17 bits per heavy atom. The molecule has 5 heteroatoms. The van der Waals surface area contributed by atoms with Crippen LogP contribution < -0.4 is 0 Å². The fourth-order valence-electron chi connectivity index (χ4n) is 3.04. The zero-order chi connectivity index (χ0) is 17.7. The van der Waals surface area contributed by atoms with E-state index in [0.29, 0.717) is 6.54 Å². The number of hydrogen-bond acceptors (Lipinski definition) is 3. The molecule has 0 spiro atoms. The summed E-state index contributed by atoms with van der Waals surface area (Å²) in [6, 6.07) is 9.57. The maximum Gasteiger partial charge on any atom is 0.408 e. The van der Waals surface area contributed by atoms with Crippen LogP contribution in [0.1, 0.15) is 45.6 Å². The van der Waals surface area contributed by atoms with E-state index in [0.717, 1.165) is 25.7 Å². The van der Waals surface area contributed by atoms with Gasteiger partial charge in [0.2, 0.25) is 0 Å². The second kappa shape index (κ2) is 7.69. The quantitative estimate of drug-likeness (QED) is 0.610. The van der Waals surface area contributed by atoms with E-state index in [1.54, 1.807) is 0 Å². The summed E-state index contributed by atoms with van der Waals surface area (Å²) in [5.74, 6) is -0.429. The lowest BCUT2D eigenvalue weighted by molar-refractivity contribution is -0.199. The summed E-state index contributed by atoms with van der Waals surface area (Å²) in [5, 5.41) is 9.46. The molecule has 0 unspecified atom stereocenters. The standard InChI is InChI=1S/C19H27NO4/c1-19(2,3)16-15(17(21)24-16)20(18(22)23)13-9-5-8-12-14-10-6-4-7-11-14/h4,6-7,10-11,15-16H,5,8-9,12-13H2,1-3H3,(H,22,23)/t15-,16-/m1/s1. The van der Waals surface area contributed by atoms with Crippen LogP contribution in [-0.4, -0.2) is 40.8 Å². The highest BCUT2D eigenvalue weighted by Crippen LogP contribution is 2.35. The Morgan fingerprint density at radius 3 is 2.38 bits per heavy atom. The van der Waals surface area contributed by atoms with Gasteiger partial charge in [-0.25, -0.2) is 9.59 Å². The number of aryl methyl sites for hydroxylation is 1. The second-order valence-electron chi connectivity index (χ2n) is 7.44. The molecule has 1 amide bonds. The maximum absolute atomic E-state index is 11.8. The van der Waals surface area contributed by atoms with Gasteiger partial charge in [0.05, 0.1) is 0 Å². The second-order valence-corrected chi connectivity index (χ2v) is 7.44. The smallest absolute Gasteiger partial charge is 0.408 e. The van der Waals surface area contributed by atoms with Crippen molar-refractivity contribution < 1.29 is 19.4 Å². The number of rotatable bonds is 7. The predicted molar refractivity (Wildman–Crippen MR) is 91.9 cm³/mol. The largest absolute Gasteiger partial charge is 0.465 e. The Hall–Kier alpha value is -2.04. The Labute approximate surface area is 143 Å². The molecule has 24 heavy (non-hydrogen) atoms. The number of unbranched alkanes of at least 4 members (excludes halogenated alkanes) is 2. The van der Waals surface area contributed by atoms with E-state index in [4.69, 9.17) is 4.74 Å². The third-order valence-electron chi connectivity index (χ3n) is 4.41. The van der Waals surface area contributed by atoms with Crippen molar-refractivity contribution in [2.45, 2.75) is 58.6 Å². The molecule has 1 fully saturated rings. The Bertz CT molecular complexity index is 564. The number of hydrogen-bond donors (Lipinski definition) is 1. The number of carbonyl (C=O) groups excluding carboxylic acids is 1. The molecule has 132 valence electrons. The highest BCUT2D eigenvalue weighted by Gasteiger charge is 2.53. The lowest BCUT2D eigenvalue weighted by atomic mass is 9.81. The van der Waals surface area contributed by atoms with E-state index in [1.807, 2.05) is 39.0 Å². The topological polar surface area (TPSA) is 66.8 Å². The molecule has 0 aromatic heterocycles. The van der Waals surface area contributed by atoms with Crippen molar-refractivity contribution in [1.29, 1.82) is 0 Å². The van der Waals surface area contributed by atoms with Gasteiger partial charge < -0.3 is 9.84 Å². The molecule has 1 aliphatic heterocycles. The number of nitrogens with zero attached hydrogens (tertiary/aromatic N) is 1. The van der Waals surface area contributed by atoms with Gasteiger partial charge in [0.25, 0.3) is 0 Å². The SMILES string of the molecule is CC(C)(C)[C@@H]1OC(=O)[C@@H]1N(CCCCCc1ccccc1)C(=O)O. The van der Waals surface area contributed by atoms with Gasteiger partial charge >= 0.3 is 12.1 Å². The Balaban J connectivity index is 1.81. The summed E-state index contributed by atoms with van der Waals surface area (Å²) >= 11 is 0. The molecule has 0 bridgehead atoms. The maximum atomic E-state index is 11.8. The highest BCUT2D eigenvalue weighted by molar-refractivity contribution is 5.86. The average Bonchev–Trinajstić information content (AvgIpc) is 2.50. The molecule has 1 heterocycles. The monoisotopic (exact) mass is 333 g/mol. The van der Waals surface area contributed by atoms with Gasteiger partial charge in [0, 0.05) is 12.0 Å². The lowest BCUT2D eigenvalue weighted by Gasteiger charge is -2.46. The van der Waals surface area contributed by atoms with Gasteiger partial charge in [-0.1, -0.05) is 57.5 Å². The van der Waals surface area contributed by atoms with Crippen molar-refractivity contribution in [2.75, 3.05) is 6.54 Å². The van der Waals surface area contributed by atoms with Crippen LogP contribution in [0.25, 0.3) is 0 Å². The first-order chi connectivity index (χ1) is 11.3. The summed E-state index contributed by atoms with van der Waals surface area (Å²) in [4.78, 5) is 24.6. The Kier molecular flexibility index (Phi) is 5.86. The molecule has 2 rings (SSSR count). The normalized spacial score (nSPS) is 20.2. The van der Waals surface area contributed by atoms with Crippen molar-refractivity contribution in [3.63, 3.8) is 0 Å². The molecule has 2 atom stereocenters. The van der Waals surface area contributed by atoms with E-state index in [1.165, 1.54) is 10.5 Å². The number of ether oxygens (including phenoxy) is 1. The van der Waals surface area contributed by atoms with Gasteiger partial charge in [-0.3, -0.25) is 4.90 Å². The Morgan fingerprint density at radius 2 is 1.83 bits per heavy atom. The van der Waals surface area contributed by atoms with E-state index in [2.05, 4.69) is 12.1 Å². The molecule has 1 N–H and O–H groups in total. The number of amides is 1. The van der Waals surface area contributed by atoms with E-state index < -0.39 is 18.1 Å². The van der Waals surface area contributed by atoms with E-state index in [-0.39, 0.29) is 11.5 Å². The van der Waals surface area contributed by atoms with Crippen LogP contribution >= 0.6 is 0 Å². The summed E-state index contributed by atoms with van der Waals surface area (Å²) in [6.07, 6.45) is 2.26. The van der Waals surface area contributed by atoms with E-state index >= 15 is 0 Å². The summed E-state index contributed by atoms with van der Waals surface area (Å²) in [7, 11) is 0. The van der Waals surface area contributed by atoms with Crippen molar-refractivity contribution in [3.8, 4) is 0 Å². The minimum Gasteiger partial charge on any atom is -0.465 e. The van der Waals surface area contributed by atoms with Crippen molar-refractivity contribution in [3.05, 3.63) is 35.9 Å². The molecule has 0 radical (unpaired) electrons. The van der Waals surface area contributed by atoms with Crippen LogP contribution in [0, 0.1) is 5.41 Å². The highest BCUT2D eigenvalue weighted by atomic mass is 16.6. The first kappa shape index (κ1) is 18.3. The van der Waals surface area contributed by atoms with Crippen molar-refractivity contribution in [2.24, 2.45) is 5.41 Å². The predicted octanol–water partition coefficient (Wildman–Crippen LogP) is 3.72. The number of esters is 1. The van der Waals surface area contributed by atoms with E-state index in [9.17, 15) is 14.7 Å². The third-order valence-corrected chi connectivity index (χ3v) is 4.41. The fourth-order valence-corrected chi connectivity index (χ4v) is 3.04. The zero-order valence-corrected chi connectivity index (χ0v) is 14.7. The molecular formula is C19H27NO4. The lowest BCUT2D eigenvalue weighted by Crippen LogP contribution is -2.65. The van der Waals surface area contributed by atoms with Crippen LogP contribution in [0.15, 0.2) is 30.3 Å². The van der Waals surface area contributed by atoms with Gasteiger partial charge in [-0.05, 0) is 24.8 Å². The molecule has 5 nitrogen and oxygen atoms in total. The summed E-state index contributed by atoms with van der Waals surface area (Å²) in [5.41, 5.74) is 1.03. The molecule has 1 aromatic rings. The van der Waals surface area contributed by atoms with Gasteiger partial charge in [0.15, 0.2) is 6.04 Å². The first-order valence-corrected chi connectivity index (χ1v) is 8.54. The van der Waals surface area contributed by atoms with Crippen molar-refractivity contribution >= 4 is 12.1 Å². The van der Waals surface area contributed by atoms with Crippen molar-refractivity contribution in [1.82, 2.24) is 4.90 Å². The van der Waals surface area contributed by atoms with Gasteiger partial charge in [0.1, 0.15) is 6.10 Å². The minimum absolute atomic E-state index is 0.264. The van der Waals surface area contributed by atoms with Gasteiger partial charge in [-0.2, -0.15) is 0 Å². The zero-order valence-electron chi connectivity index (χ0n) is 14.7. The van der Waals surface area contributed by atoms with Crippen LogP contribution in [0.5, 0.6) is 0 Å². The first-order valence-electron chi connectivity index (χ1n) is 8.54.